The van der Waals surface area contributed by atoms with Gasteiger partial charge in [-0.25, -0.2) is 9.59 Å². The molecule has 0 radical (unpaired) electrons. The molecule has 10 nitrogen and oxygen atoms in total. The number of ether oxygens (including phenoxy) is 4. The van der Waals surface area contributed by atoms with Crippen LogP contribution < -0.4 is 0 Å². The highest BCUT2D eigenvalue weighted by molar-refractivity contribution is 8.76. The Labute approximate surface area is 206 Å². The van der Waals surface area contributed by atoms with Gasteiger partial charge in [0.2, 0.25) is 0 Å². The first-order valence-corrected chi connectivity index (χ1v) is 13.0. The Kier molecular flexibility index (Phi) is 15.0. The number of hydrogen-bond acceptors (Lipinski definition) is 12. The molecule has 1 aromatic rings. The van der Waals surface area contributed by atoms with Crippen LogP contribution in [0.3, 0.4) is 0 Å². The fourth-order valence-electron chi connectivity index (χ4n) is 2.24. The Hall–Kier alpha value is -2.28. The van der Waals surface area contributed by atoms with E-state index in [4.69, 9.17) is 14.2 Å². The molecule has 2 N–H and O–H groups in total. The summed E-state index contributed by atoms with van der Waals surface area (Å²) in [7, 11) is 4.17. The van der Waals surface area contributed by atoms with E-state index in [1.54, 1.807) is 13.0 Å². The second kappa shape index (κ2) is 17.2. The highest BCUT2D eigenvalue weighted by atomic mass is 33.1. The van der Waals surface area contributed by atoms with Gasteiger partial charge in [0.25, 0.3) is 0 Å². The van der Waals surface area contributed by atoms with Crippen molar-refractivity contribution in [1.82, 2.24) is 0 Å². The zero-order valence-electron chi connectivity index (χ0n) is 19.1. The largest absolute Gasteiger partial charge is 0.469 e. The van der Waals surface area contributed by atoms with Crippen LogP contribution in [0.25, 0.3) is 0 Å². The van der Waals surface area contributed by atoms with Crippen LogP contribution in [0.4, 0.5) is 0 Å². The van der Waals surface area contributed by atoms with Gasteiger partial charge in [-0.2, -0.15) is 0 Å². The predicted octanol–water partition coefficient (Wildman–Crippen LogP) is 2.01. The highest BCUT2D eigenvalue weighted by Gasteiger charge is 2.21. The lowest BCUT2D eigenvalue weighted by molar-refractivity contribution is -0.146. The van der Waals surface area contributed by atoms with Gasteiger partial charge in [0.15, 0.2) is 0 Å². The molecule has 1 rings (SSSR count). The number of hydrogen-bond donors (Lipinski definition) is 2. The standard InChI is InChI=1S/C22H30O10S2/c1-3-15(23)12-31-21(27)17-6-4-5-7-18(17)22(28)32-14-16(24)13-30-20(26)9-11-34-33-10-8-19(25)29-2/h4-7,15-16,23-24H,3,8-14H2,1-2H3. The van der Waals surface area contributed by atoms with Crippen molar-refractivity contribution in [3.05, 3.63) is 35.4 Å². The van der Waals surface area contributed by atoms with Gasteiger partial charge in [0.05, 0.1) is 37.2 Å². The Morgan fingerprint density at radius 2 is 1.26 bits per heavy atom. The summed E-state index contributed by atoms with van der Waals surface area (Å²) in [5, 5.41) is 19.5. The van der Waals surface area contributed by atoms with Crippen LogP contribution in [-0.2, 0) is 28.5 Å². The molecule has 34 heavy (non-hydrogen) atoms. The third kappa shape index (κ3) is 12.3. The van der Waals surface area contributed by atoms with Crippen molar-refractivity contribution >= 4 is 45.5 Å². The molecule has 0 aliphatic heterocycles. The summed E-state index contributed by atoms with van der Waals surface area (Å²) in [5.74, 6) is -1.41. The molecule has 0 saturated carbocycles. The van der Waals surface area contributed by atoms with E-state index in [2.05, 4.69) is 4.74 Å². The van der Waals surface area contributed by atoms with E-state index in [-0.39, 0.29) is 43.2 Å². The molecule has 2 unspecified atom stereocenters. The molecule has 12 heteroatoms. The van der Waals surface area contributed by atoms with Crippen LogP contribution in [-0.4, -0.2) is 84.7 Å². The van der Waals surface area contributed by atoms with Crippen LogP contribution in [0.1, 0.15) is 46.9 Å². The lowest BCUT2D eigenvalue weighted by atomic mass is 10.1. The maximum Gasteiger partial charge on any atom is 0.339 e. The number of benzene rings is 1. The smallest absolute Gasteiger partial charge is 0.339 e. The van der Waals surface area contributed by atoms with Crippen LogP contribution in [0, 0.1) is 0 Å². The summed E-state index contributed by atoms with van der Waals surface area (Å²) < 4.78 is 19.5. The number of carbonyl (C=O) groups excluding carboxylic acids is 4. The van der Waals surface area contributed by atoms with Crippen molar-refractivity contribution in [3.63, 3.8) is 0 Å². The fraction of sp³-hybridized carbons (Fsp3) is 0.545. The van der Waals surface area contributed by atoms with Gasteiger partial charge in [-0.3, -0.25) is 9.59 Å². The van der Waals surface area contributed by atoms with Crippen LogP contribution in [0.2, 0.25) is 0 Å². The summed E-state index contributed by atoms with van der Waals surface area (Å²) in [6, 6.07) is 5.86. The van der Waals surface area contributed by atoms with Crippen LogP contribution in [0.15, 0.2) is 24.3 Å². The third-order valence-electron chi connectivity index (χ3n) is 4.18. The molecule has 0 heterocycles. The fourth-order valence-corrected chi connectivity index (χ4v) is 4.18. The van der Waals surface area contributed by atoms with E-state index in [9.17, 15) is 29.4 Å². The second-order valence-electron chi connectivity index (χ2n) is 6.86. The Morgan fingerprint density at radius 1 is 0.794 bits per heavy atom. The third-order valence-corrected chi connectivity index (χ3v) is 6.59. The molecule has 0 fully saturated rings. The number of esters is 4. The van der Waals surface area contributed by atoms with Gasteiger partial charge in [-0.05, 0) is 18.6 Å². The van der Waals surface area contributed by atoms with E-state index in [1.165, 1.54) is 46.9 Å². The first-order valence-electron chi connectivity index (χ1n) is 10.5. The normalized spacial score (nSPS) is 12.4. The first-order chi connectivity index (χ1) is 16.3. The minimum absolute atomic E-state index is 0.0290. The van der Waals surface area contributed by atoms with E-state index in [0.717, 1.165) is 0 Å². The summed E-state index contributed by atoms with van der Waals surface area (Å²) in [6.07, 6.45) is -1.23. The van der Waals surface area contributed by atoms with Gasteiger partial charge in [-0.15, -0.1) is 0 Å². The van der Waals surface area contributed by atoms with Gasteiger partial charge in [-0.1, -0.05) is 40.6 Å². The molecule has 0 aliphatic rings. The molecule has 1 aromatic carbocycles. The number of aliphatic hydroxyl groups excluding tert-OH is 2. The number of rotatable bonds is 16. The molecule has 0 bridgehead atoms. The SMILES string of the molecule is CCC(O)COC(=O)c1ccccc1C(=O)OCC(O)COC(=O)CCSSCCC(=O)OC. The summed E-state index contributed by atoms with van der Waals surface area (Å²) >= 11 is 0. The molecule has 0 amide bonds. The summed E-state index contributed by atoms with van der Waals surface area (Å²) in [5.41, 5.74) is -0.0805. The van der Waals surface area contributed by atoms with Gasteiger partial charge >= 0.3 is 23.9 Å². The Bertz CT molecular complexity index is 802. The van der Waals surface area contributed by atoms with E-state index >= 15 is 0 Å². The van der Waals surface area contributed by atoms with Crippen LogP contribution >= 0.6 is 21.6 Å². The minimum atomic E-state index is -1.24. The minimum Gasteiger partial charge on any atom is -0.469 e. The highest BCUT2D eigenvalue weighted by Crippen LogP contribution is 2.23. The zero-order chi connectivity index (χ0) is 25.3. The van der Waals surface area contributed by atoms with Gasteiger partial charge in [0, 0.05) is 11.5 Å². The molecule has 0 saturated heterocycles. The molecular formula is C22H30O10S2. The molecule has 0 aromatic heterocycles. The quantitative estimate of drug-likeness (QED) is 0.143. The van der Waals surface area contributed by atoms with Crippen molar-refractivity contribution in [3.8, 4) is 0 Å². The van der Waals surface area contributed by atoms with E-state index in [0.29, 0.717) is 17.9 Å². The van der Waals surface area contributed by atoms with E-state index < -0.39 is 36.7 Å². The first kappa shape index (κ1) is 29.8. The maximum absolute atomic E-state index is 12.4. The Balaban J connectivity index is 2.34. The molecule has 0 spiro atoms. The van der Waals surface area contributed by atoms with Crippen LogP contribution in [0.5, 0.6) is 0 Å². The molecule has 0 aliphatic carbocycles. The zero-order valence-corrected chi connectivity index (χ0v) is 20.7. The maximum atomic E-state index is 12.4. The number of aliphatic hydroxyl groups is 2. The second-order valence-corrected chi connectivity index (χ2v) is 9.56. The van der Waals surface area contributed by atoms with Gasteiger partial charge in [0.1, 0.15) is 25.9 Å². The molecular weight excluding hydrogens is 488 g/mol. The van der Waals surface area contributed by atoms with Crippen molar-refractivity contribution < 1.29 is 48.3 Å². The Morgan fingerprint density at radius 3 is 1.76 bits per heavy atom. The molecule has 2 atom stereocenters. The van der Waals surface area contributed by atoms with Crippen molar-refractivity contribution in [2.24, 2.45) is 0 Å². The van der Waals surface area contributed by atoms with Gasteiger partial charge < -0.3 is 29.2 Å². The average Bonchev–Trinajstić information content (AvgIpc) is 2.85. The lowest BCUT2D eigenvalue weighted by Crippen LogP contribution is -2.26. The average molecular weight is 519 g/mol. The summed E-state index contributed by atoms with van der Waals surface area (Å²) in [4.78, 5) is 47.3. The van der Waals surface area contributed by atoms with E-state index in [1.807, 2.05) is 0 Å². The number of carbonyl (C=O) groups is 4. The number of methoxy groups -OCH3 is 1. The predicted molar refractivity (Wildman–Crippen MR) is 126 cm³/mol. The topological polar surface area (TPSA) is 146 Å². The lowest BCUT2D eigenvalue weighted by Gasteiger charge is -2.14. The van der Waals surface area contributed by atoms with Crippen molar-refractivity contribution in [2.45, 2.75) is 38.4 Å². The summed E-state index contributed by atoms with van der Waals surface area (Å²) in [6.45, 7) is 0.737. The van der Waals surface area contributed by atoms with Crippen molar-refractivity contribution in [2.75, 3.05) is 38.4 Å². The van der Waals surface area contributed by atoms with Crippen molar-refractivity contribution in [1.29, 1.82) is 0 Å². The monoisotopic (exact) mass is 518 g/mol. The molecule has 190 valence electrons.